The second-order valence-corrected chi connectivity index (χ2v) is 5.29. The molecule has 0 saturated carbocycles. The number of nitrogens with one attached hydrogen (secondary N) is 1. The zero-order valence-corrected chi connectivity index (χ0v) is 12.9. The van der Waals surface area contributed by atoms with Gasteiger partial charge in [-0.3, -0.25) is 0 Å². The normalized spacial score (nSPS) is 12.7. The van der Waals surface area contributed by atoms with Crippen LogP contribution < -0.4 is 5.32 Å². The lowest BCUT2D eigenvalue weighted by atomic mass is 9.97. The van der Waals surface area contributed by atoms with Crippen LogP contribution in [0.3, 0.4) is 0 Å². The Kier molecular flexibility index (Phi) is 4.94. The SMILES string of the molecule is CCNC(c1cc(F)c(Br)cc1F)c1ccoc1CC. The third-order valence-electron chi connectivity index (χ3n) is 3.17. The molecular formula is C15H16BrF2NO. The summed E-state index contributed by atoms with van der Waals surface area (Å²) in [5.74, 6) is -0.156. The molecule has 0 aliphatic heterocycles. The molecule has 2 rings (SSSR count). The number of hydrogen-bond acceptors (Lipinski definition) is 2. The van der Waals surface area contributed by atoms with Gasteiger partial charge in [-0.25, -0.2) is 8.78 Å². The van der Waals surface area contributed by atoms with Crippen LogP contribution in [0.25, 0.3) is 0 Å². The van der Waals surface area contributed by atoms with E-state index >= 15 is 0 Å². The highest BCUT2D eigenvalue weighted by atomic mass is 79.9. The Morgan fingerprint density at radius 3 is 2.60 bits per heavy atom. The summed E-state index contributed by atoms with van der Waals surface area (Å²) in [4.78, 5) is 0. The number of hydrogen-bond donors (Lipinski definition) is 1. The Bertz CT molecular complexity index is 598. The monoisotopic (exact) mass is 343 g/mol. The van der Waals surface area contributed by atoms with Crippen LogP contribution in [0.1, 0.15) is 36.8 Å². The van der Waals surface area contributed by atoms with Crippen molar-refractivity contribution in [1.29, 1.82) is 0 Å². The van der Waals surface area contributed by atoms with Gasteiger partial charge in [0, 0.05) is 17.5 Å². The zero-order chi connectivity index (χ0) is 14.7. The quantitative estimate of drug-likeness (QED) is 0.803. The fourth-order valence-corrected chi connectivity index (χ4v) is 2.56. The van der Waals surface area contributed by atoms with E-state index < -0.39 is 17.7 Å². The lowest BCUT2D eigenvalue weighted by molar-refractivity contribution is 0.495. The molecule has 1 aromatic heterocycles. The van der Waals surface area contributed by atoms with Gasteiger partial charge in [0.15, 0.2) is 0 Å². The van der Waals surface area contributed by atoms with E-state index in [0.29, 0.717) is 13.0 Å². The van der Waals surface area contributed by atoms with Crippen molar-refractivity contribution in [3.8, 4) is 0 Å². The van der Waals surface area contributed by atoms with Gasteiger partial charge in [0.2, 0.25) is 0 Å². The Morgan fingerprint density at radius 2 is 1.95 bits per heavy atom. The zero-order valence-electron chi connectivity index (χ0n) is 11.3. The van der Waals surface area contributed by atoms with E-state index in [4.69, 9.17) is 4.42 Å². The maximum Gasteiger partial charge on any atom is 0.137 e. The molecule has 5 heteroatoms. The van der Waals surface area contributed by atoms with Crippen molar-refractivity contribution >= 4 is 15.9 Å². The molecule has 1 aromatic carbocycles. The fraction of sp³-hybridized carbons (Fsp3) is 0.333. The summed E-state index contributed by atoms with van der Waals surface area (Å²) >= 11 is 2.99. The highest BCUT2D eigenvalue weighted by Gasteiger charge is 2.22. The molecule has 108 valence electrons. The molecular weight excluding hydrogens is 328 g/mol. The Morgan fingerprint density at radius 1 is 1.20 bits per heavy atom. The minimum absolute atomic E-state index is 0.122. The molecule has 0 aliphatic rings. The molecule has 0 fully saturated rings. The van der Waals surface area contributed by atoms with Crippen molar-refractivity contribution in [2.45, 2.75) is 26.3 Å². The minimum atomic E-state index is -0.481. The molecule has 0 aliphatic carbocycles. The van der Waals surface area contributed by atoms with E-state index in [1.54, 1.807) is 12.3 Å². The summed E-state index contributed by atoms with van der Waals surface area (Å²) in [5, 5.41) is 3.18. The molecule has 0 saturated heterocycles. The van der Waals surface area contributed by atoms with Gasteiger partial charge in [-0.15, -0.1) is 0 Å². The second-order valence-electron chi connectivity index (χ2n) is 4.43. The van der Waals surface area contributed by atoms with Crippen LogP contribution in [0.15, 0.2) is 33.4 Å². The van der Waals surface area contributed by atoms with Crippen LogP contribution in [-0.4, -0.2) is 6.54 Å². The van der Waals surface area contributed by atoms with Crippen molar-refractivity contribution in [3.63, 3.8) is 0 Å². The molecule has 0 amide bonds. The molecule has 1 atom stereocenters. The van der Waals surface area contributed by atoms with Crippen LogP contribution in [-0.2, 0) is 6.42 Å². The van der Waals surface area contributed by atoms with Crippen LogP contribution >= 0.6 is 15.9 Å². The number of halogens is 3. The van der Waals surface area contributed by atoms with Crippen LogP contribution in [0.5, 0.6) is 0 Å². The predicted molar refractivity (Wildman–Crippen MR) is 77.7 cm³/mol. The Balaban J connectivity index is 2.51. The van der Waals surface area contributed by atoms with Crippen LogP contribution in [0, 0.1) is 11.6 Å². The average Bonchev–Trinajstić information content (AvgIpc) is 2.88. The Labute approximate surface area is 125 Å². The molecule has 2 nitrogen and oxygen atoms in total. The van der Waals surface area contributed by atoms with Gasteiger partial charge in [0.05, 0.1) is 16.8 Å². The van der Waals surface area contributed by atoms with Crippen LogP contribution in [0.2, 0.25) is 0 Å². The smallest absolute Gasteiger partial charge is 0.137 e. The van der Waals surface area contributed by atoms with E-state index in [1.165, 1.54) is 6.07 Å². The second kappa shape index (κ2) is 6.50. The average molecular weight is 344 g/mol. The van der Waals surface area contributed by atoms with Crippen molar-refractivity contribution in [2.75, 3.05) is 6.54 Å². The summed E-state index contributed by atoms with van der Waals surface area (Å²) in [5.41, 5.74) is 1.12. The highest BCUT2D eigenvalue weighted by Crippen LogP contribution is 2.31. The van der Waals surface area contributed by atoms with Gasteiger partial charge in [-0.05, 0) is 40.7 Å². The molecule has 0 spiro atoms. The minimum Gasteiger partial charge on any atom is -0.469 e. The fourth-order valence-electron chi connectivity index (χ4n) is 2.25. The molecule has 1 heterocycles. The summed E-state index contributed by atoms with van der Waals surface area (Å²) in [6, 6.07) is 3.75. The number of furan rings is 1. The van der Waals surface area contributed by atoms with Crippen molar-refractivity contribution < 1.29 is 13.2 Å². The summed E-state index contributed by atoms with van der Waals surface area (Å²) in [6.45, 7) is 4.52. The van der Waals surface area contributed by atoms with E-state index in [9.17, 15) is 8.78 Å². The first-order valence-corrected chi connectivity index (χ1v) is 7.31. The van der Waals surface area contributed by atoms with E-state index in [1.807, 2.05) is 13.8 Å². The van der Waals surface area contributed by atoms with Gasteiger partial charge in [0.1, 0.15) is 17.4 Å². The number of benzene rings is 1. The summed E-state index contributed by atoms with van der Waals surface area (Å²) in [7, 11) is 0. The summed E-state index contributed by atoms with van der Waals surface area (Å²) < 4.78 is 33.4. The van der Waals surface area contributed by atoms with Crippen molar-refractivity contribution in [3.05, 3.63) is 57.5 Å². The van der Waals surface area contributed by atoms with Gasteiger partial charge < -0.3 is 9.73 Å². The first kappa shape index (κ1) is 15.2. The van der Waals surface area contributed by atoms with E-state index in [0.717, 1.165) is 17.4 Å². The van der Waals surface area contributed by atoms with Gasteiger partial charge >= 0.3 is 0 Å². The number of aryl methyl sites for hydroxylation is 1. The molecule has 20 heavy (non-hydrogen) atoms. The predicted octanol–water partition coefficient (Wildman–Crippen LogP) is 4.58. The van der Waals surface area contributed by atoms with E-state index in [2.05, 4.69) is 21.2 Å². The molecule has 0 bridgehead atoms. The first-order valence-electron chi connectivity index (χ1n) is 6.52. The number of rotatable bonds is 5. The van der Waals surface area contributed by atoms with Crippen molar-refractivity contribution in [1.82, 2.24) is 5.32 Å². The first-order chi connectivity index (χ1) is 9.58. The Hall–Kier alpha value is -1.20. The largest absolute Gasteiger partial charge is 0.469 e. The lowest BCUT2D eigenvalue weighted by Crippen LogP contribution is -2.23. The molecule has 1 N–H and O–H groups in total. The van der Waals surface area contributed by atoms with Gasteiger partial charge in [-0.1, -0.05) is 13.8 Å². The third-order valence-corrected chi connectivity index (χ3v) is 3.78. The maximum atomic E-state index is 14.2. The highest BCUT2D eigenvalue weighted by molar-refractivity contribution is 9.10. The van der Waals surface area contributed by atoms with Crippen molar-refractivity contribution in [2.24, 2.45) is 0 Å². The van der Waals surface area contributed by atoms with E-state index in [-0.39, 0.29) is 10.0 Å². The lowest BCUT2D eigenvalue weighted by Gasteiger charge is -2.19. The van der Waals surface area contributed by atoms with Gasteiger partial charge in [-0.2, -0.15) is 0 Å². The standard InChI is InChI=1S/C15H16BrF2NO/c1-3-14-9(5-6-20-14)15(19-4-2)10-7-13(18)11(16)8-12(10)17/h5-8,15,19H,3-4H2,1-2H3. The molecule has 0 radical (unpaired) electrons. The maximum absolute atomic E-state index is 14.2. The van der Waals surface area contributed by atoms with Gasteiger partial charge in [0.25, 0.3) is 0 Å². The molecule has 1 unspecified atom stereocenters. The summed E-state index contributed by atoms with van der Waals surface area (Å²) in [6.07, 6.45) is 2.27. The molecule has 2 aromatic rings. The topological polar surface area (TPSA) is 25.2 Å². The van der Waals surface area contributed by atoms with Crippen LogP contribution in [0.4, 0.5) is 8.78 Å². The third kappa shape index (κ3) is 2.94.